The summed E-state index contributed by atoms with van der Waals surface area (Å²) in [6.07, 6.45) is 4.04. The number of hydrogen-bond donors (Lipinski definition) is 2. The predicted molar refractivity (Wildman–Crippen MR) is 73.0 cm³/mol. The number of aromatic nitrogens is 2. The van der Waals surface area contributed by atoms with Gasteiger partial charge in [-0.05, 0) is 44.2 Å². The molecule has 0 amide bonds. The third-order valence-corrected chi connectivity index (χ3v) is 3.99. The van der Waals surface area contributed by atoms with Crippen LogP contribution in [-0.2, 0) is 5.54 Å². The van der Waals surface area contributed by atoms with Gasteiger partial charge in [0.05, 0.1) is 17.4 Å². The average molecular weight is 259 g/mol. The fraction of sp³-hybridized carbons (Fsp3) is 0.400. The van der Waals surface area contributed by atoms with Gasteiger partial charge in [0.25, 0.3) is 0 Å². The first-order valence-corrected chi connectivity index (χ1v) is 6.59. The van der Waals surface area contributed by atoms with Gasteiger partial charge in [0, 0.05) is 5.56 Å². The van der Waals surface area contributed by atoms with Crippen molar-refractivity contribution in [3.8, 4) is 11.3 Å². The van der Waals surface area contributed by atoms with Crippen LogP contribution in [0.5, 0.6) is 0 Å². The van der Waals surface area contributed by atoms with E-state index in [1.54, 1.807) is 19.2 Å². The maximum atomic E-state index is 13.6. The zero-order valence-corrected chi connectivity index (χ0v) is 11.2. The van der Waals surface area contributed by atoms with Crippen molar-refractivity contribution in [2.45, 2.75) is 32.2 Å². The number of halogens is 1. The first kappa shape index (κ1) is 12.4. The fourth-order valence-corrected chi connectivity index (χ4v) is 2.38. The Kier molecular flexibility index (Phi) is 2.71. The van der Waals surface area contributed by atoms with Crippen molar-refractivity contribution in [1.82, 2.24) is 9.97 Å². The summed E-state index contributed by atoms with van der Waals surface area (Å²) in [6.45, 7) is 3.75. The number of imidazole rings is 1. The topological polar surface area (TPSA) is 54.7 Å². The van der Waals surface area contributed by atoms with Crippen LogP contribution in [0.3, 0.4) is 0 Å². The fourth-order valence-electron chi connectivity index (χ4n) is 2.38. The summed E-state index contributed by atoms with van der Waals surface area (Å²) in [5.74, 6) is 1.08. The van der Waals surface area contributed by atoms with E-state index in [1.165, 1.54) is 6.07 Å². The minimum Gasteiger partial charge on any atom is -0.340 e. The number of aryl methyl sites for hydroxylation is 1. The lowest BCUT2D eigenvalue weighted by Crippen LogP contribution is -2.36. The van der Waals surface area contributed by atoms with Gasteiger partial charge in [0.15, 0.2) is 0 Å². The predicted octanol–water partition coefficient (Wildman–Crippen LogP) is 3.11. The molecule has 1 atom stereocenters. The molecule has 3 nitrogen and oxygen atoms in total. The highest BCUT2D eigenvalue weighted by Crippen LogP contribution is 2.43. The van der Waals surface area contributed by atoms with Gasteiger partial charge >= 0.3 is 0 Å². The van der Waals surface area contributed by atoms with Gasteiger partial charge in [-0.3, -0.25) is 0 Å². The van der Waals surface area contributed by atoms with Gasteiger partial charge in [-0.1, -0.05) is 12.1 Å². The Morgan fingerprint density at radius 3 is 2.79 bits per heavy atom. The van der Waals surface area contributed by atoms with Gasteiger partial charge in [0.1, 0.15) is 11.6 Å². The summed E-state index contributed by atoms with van der Waals surface area (Å²) in [4.78, 5) is 7.61. The zero-order chi connectivity index (χ0) is 13.6. The van der Waals surface area contributed by atoms with Crippen molar-refractivity contribution in [3.05, 3.63) is 41.6 Å². The van der Waals surface area contributed by atoms with Crippen LogP contribution in [-0.4, -0.2) is 9.97 Å². The number of H-pyrrole nitrogens is 1. The molecule has 1 heterocycles. The van der Waals surface area contributed by atoms with Gasteiger partial charge in [0.2, 0.25) is 0 Å². The van der Waals surface area contributed by atoms with Crippen molar-refractivity contribution in [2.75, 3.05) is 0 Å². The summed E-state index contributed by atoms with van der Waals surface area (Å²) < 4.78 is 13.6. The molecule has 2 aromatic rings. The monoisotopic (exact) mass is 259 g/mol. The van der Waals surface area contributed by atoms with E-state index in [2.05, 4.69) is 9.97 Å². The number of nitrogens with zero attached hydrogens (tertiary/aromatic N) is 1. The number of rotatable bonds is 3. The van der Waals surface area contributed by atoms with Crippen molar-refractivity contribution in [3.63, 3.8) is 0 Å². The van der Waals surface area contributed by atoms with Crippen LogP contribution in [0.4, 0.5) is 4.39 Å². The lowest BCUT2D eigenvalue weighted by molar-refractivity contribution is 0.404. The molecule has 0 aliphatic heterocycles. The first-order valence-electron chi connectivity index (χ1n) is 6.59. The average Bonchev–Trinajstić information content (AvgIpc) is 3.11. The van der Waals surface area contributed by atoms with Gasteiger partial charge in [-0.15, -0.1) is 0 Å². The Balaban J connectivity index is 1.94. The molecule has 1 fully saturated rings. The molecule has 1 aliphatic carbocycles. The second kappa shape index (κ2) is 4.17. The van der Waals surface area contributed by atoms with Crippen molar-refractivity contribution in [1.29, 1.82) is 0 Å². The van der Waals surface area contributed by atoms with E-state index in [0.29, 0.717) is 11.5 Å². The lowest BCUT2D eigenvalue weighted by atomic mass is 9.97. The molecule has 1 aromatic heterocycles. The Labute approximate surface area is 112 Å². The van der Waals surface area contributed by atoms with Crippen LogP contribution in [0, 0.1) is 18.7 Å². The molecule has 1 aliphatic rings. The molecule has 100 valence electrons. The molecule has 0 radical (unpaired) electrons. The van der Waals surface area contributed by atoms with E-state index in [1.807, 2.05) is 13.0 Å². The summed E-state index contributed by atoms with van der Waals surface area (Å²) in [7, 11) is 0. The van der Waals surface area contributed by atoms with E-state index in [4.69, 9.17) is 5.73 Å². The lowest BCUT2D eigenvalue weighted by Gasteiger charge is -2.21. The maximum absolute atomic E-state index is 13.6. The molecule has 0 spiro atoms. The number of aromatic amines is 1. The Morgan fingerprint density at radius 1 is 1.42 bits per heavy atom. The molecule has 1 saturated carbocycles. The SMILES string of the molecule is Cc1ccc(-c2cnc(C(C)(N)C3CC3)[nH]2)cc1F. The third-order valence-electron chi connectivity index (χ3n) is 3.99. The normalized spacial score (nSPS) is 18.3. The second-order valence-corrected chi connectivity index (χ2v) is 5.67. The molecule has 0 saturated heterocycles. The van der Waals surface area contributed by atoms with E-state index in [-0.39, 0.29) is 5.82 Å². The van der Waals surface area contributed by atoms with Gasteiger partial charge < -0.3 is 10.7 Å². The van der Waals surface area contributed by atoms with E-state index in [9.17, 15) is 4.39 Å². The van der Waals surface area contributed by atoms with E-state index in [0.717, 1.165) is 29.9 Å². The van der Waals surface area contributed by atoms with Crippen LogP contribution in [0.2, 0.25) is 0 Å². The molecule has 0 bridgehead atoms. The van der Waals surface area contributed by atoms with Crippen LogP contribution >= 0.6 is 0 Å². The minimum absolute atomic E-state index is 0.202. The first-order chi connectivity index (χ1) is 8.98. The van der Waals surface area contributed by atoms with E-state index >= 15 is 0 Å². The highest BCUT2D eigenvalue weighted by Gasteiger charge is 2.41. The summed E-state index contributed by atoms with van der Waals surface area (Å²) in [5.41, 5.74) is 8.16. The quantitative estimate of drug-likeness (QED) is 0.889. The zero-order valence-electron chi connectivity index (χ0n) is 11.2. The van der Waals surface area contributed by atoms with Crippen molar-refractivity contribution in [2.24, 2.45) is 11.7 Å². The molecular formula is C15H18FN3. The smallest absolute Gasteiger partial charge is 0.126 e. The van der Waals surface area contributed by atoms with Crippen molar-refractivity contribution < 1.29 is 4.39 Å². The van der Waals surface area contributed by atoms with Crippen LogP contribution in [0.25, 0.3) is 11.3 Å². The van der Waals surface area contributed by atoms with Crippen LogP contribution in [0.15, 0.2) is 24.4 Å². The molecule has 19 heavy (non-hydrogen) atoms. The summed E-state index contributed by atoms with van der Waals surface area (Å²) in [5, 5.41) is 0. The third kappa shape index (κ3) is 2.16. The second-order valence-electron chi connectivity index (χ2n) is 5.67. The standard InChI is InChI=1S/C15H18FN3/c1-9-3-4-10(7-12(9)16)13-8-18-14(19-13)15(2,17)11-5-6-11/h3-4,7-8,11H,5-6,17H2,1-2H3,(H,18,19). The number of hydrogen-bond acceptors (Lipinski definition) is 2. The number of nitrogens with one attached hydrogen (secondary N) is 1. The summed E-state index contributed by atoms with van der Waals surface area (Å²) >= 11 is 0. The Bertz CT molecular complexity index is 612. The molecule has 1 aromatic carbocycles. The Morgan fingerprint density at radius 2 is 2.16 bits per heavy atom. The summed E-state index contributed by atoms with van der Waals surface area (Å²) in [6, 6.07) is 5.19. The van der Waals surface area contributed by atoms with E-state index < -0.39 is 5.54 Å². The highest BCUT2D eigenvalue weighted by atomic mass is 19.1. The number of nitrogens with two attached hydrogens (primary N) is 1. The van der Waals surface area contributed by atoms with Gasteiger partial charge in [-0.25, -0.2) is 9.37 Å². The molecule has 3 rings (SSSR count). The number of benzene rings is 1. The minimum atomic E-state index is -0.415. The molecule has 1 unspecified atom stereocenters. The Hall–Kier alpha value is -1.68. The maximum Gasteiger partial charge on any atom is 0.126 e. The molecule has 3 N–H and O–H groups in total. The van der Waals surface area contributed by atoms with Crippen LogP contribution in [0.1, 0.15) is 31.2 Å². The highest BCUT2D eigenvalue weighted by molar-refractivity contribution is 5.59. The van der Waals surface area contributed by atoms with Crippen LogP contribution < -0.4 is 5.73 Å². The van der Waals surface area contributed by atoms with Gasteiger partial charge in [-0.2, -0.15) is 0 Å². The molecule has 4 heteroatoms. The molecular weight excluding hydrogens is 241 g/mol. The largest absolute Gasteiger partial charge is 0.340 e. The van der Waals surface area contributed by atoms with Crippen molar-refractivity contribution >= 4 is 0 Å².